The van der Waals surface area contributed by atoms with E-state index in [0.29, 0.717) is 6.54 Å². The third-order valence-electron chi connectivity index (χ3n) is 4.13. The number of benzene rings is 1. The van der Waals surface area contributed by atoms with Crippen LogP contribution in [0.25, 0.3) is 0 Å². The van der Waals surface area contributed by atoms with Gasteiger partial charge in [-0.05, 0) is 43.1 Å². The van der Waals surface area contributed by atoms with Gasteiger partial charge in [0.1, 0.15) is 5.75 Å². The second kappa shape index (κ2) is 6.57. The van der Waals surface area contributed by atoms with Gasteiger partial charge >= 0.3 is 0 Å². The normalized spacial score (nSPS) is 19.9. The summed E-state index contributed by atoms with van der Waals surface area (Å²) in [6, 6.07) is 6.37. The minimum atomic E-state index is -0.272. The number of β-amino-alcohol motifs (C(OH)–C–C–N with tert-alkyl or cyclic N) is 1. The fourth-order valence-electron chi connectivity index (χ4n) is 3.06. The highest BCUT2D eigenvalue weighted by molar-refractivity contribution is 5.39. The summed E-state index contributed by atoms with van der Waals surface area (Å²) in [5.41, 5.74) is 2.57. The number of ether oxygens (including phenoxy) is 1. The van der Waals surface area contributed by atoms with Crippen LogP contribution in [0.4, 0.5) is 0 Å². The fourth-order valence-corrected chi connectivity index (χ4v) is 3.06. The molecule has 1 fully saturated rings. The predicted molar refractivity (Wildman–Crippen MR) is 79.0 cm³/mol. The van der Waals surface area contributed by atoms with E-state index in [9.17, 15) is 5.11 Å². The van der Waals surface area contributed by atoms with Crippen LogP contribution in [0, 0.1) is 0 Å². The van der Waals surface area contributed by atoms with E-state index in [-0.39, 0.29) is 6.10 Å². The van der Waals surface area contributed by atoms with Crippen LogP contribution in [0.15, 0.2) is 18.2 Å². The van der Waals surface area contributed by atoms with E-state index < -0.39 is 0 Å². The SMILES string of the molecule is OC(CNCc1ccc2c(c1)CCO2)CN1CCCC1. The number of fused-ring (bicyclic) bond motifs is 1. The zero-order valence-electron chi connectivity index (χ0n) is 12.0. The molecule has 2 N–H and O–H groups in total. The van der Waals surface area contributed by atoms with Gasteiger partial charge in [-0.15, -0.1) is 0 Å². The van der Waals surface area contributed by atoms with Crippen LogP contribution >= 0.6 is 0 Å². The molecule has 0 aliphatic carbocycles. The van der Waals surface area contributed by atoms with Gasteiger partial charge in [0.05, 0.1) is 12.7 Å². The van der Waals surface area contributed by atoms with Crippen molar-refractivity contribution in [3.05, 3.63) is 29.3 Å². The van der Waals surface area contributed by atoms with Gasteiger partial charge in [0, 0.05) is 26.1 Å². The number of nitrogens with one attached hydrogen (secondary N) is 1. The smallest absolute Gasteiger partial charge is 0.122 e. The van der Waals surface area contributed by atoms with Crippen molar-refractivity contribution in [1.29, 1.82) is 0 Å². The number of hydrogen-bond acceptors (Lipinski definition) is 4. The largest absolute Gasteiger partial charge is 0.493 e. The Kier molecular flexibility index (Phi) is 4.55. The Hall–Kier alpha value is -1.10. The molecule has 110 valence electrons. The van der Waals surface area contributed by atoms with Crippen LogP contribution in [0.1, 0.15) is 24.0 Å². The maximum absolute atomic E-state index is 10.0. The van der Waals surface area contributed by atoms with Crippen LogP contribution in [0.5, 0.6) is 5.75 Å². The average Bonchev–Trinajstić information content (AvgIpc) is 3.09. The molecule has 2 aliphatic rings. The first-order chi connectivity index (χ1) is 9.81. The van der Waals surface area contributed by atoms with E-state index in [1.54, 1.807) is 0 Å². The van der Waals surface area contributed by atoms with Crippen molar-refractivity contribution in [3.63, 3.8) is 0 Å². The summed E-state index contributed by atoms with van der Waals surface area (Å²) in [5.74, 6) is 1.03. The van der Waals surface area contributed by atoms with Gasteiger partial charge in [-0.2, -0.15) is 0 Å². The highest BCUT2D eigenvalue weighted by Crippen LogP contribution is 2.25. The van der Waals surface area contributed by atoms with Gasteiger partial charge < -0.3 is 20.1 Å². The molecule has 1 atom stereocenters. The van der Waals surface area contributed by atoms with Crippen molar-refractivity contribution >= 4 is 0 Å². The second-order valence-corrected chi connectivity index (χ2v) is 5.83. The van der Waals surface area contributed by atoms with Gasteiger partial charge in [0.2, 0.25) is 0 Å². The third-order valence-corrected chi connectivity index (χ3v) is 4.13. The van der Waals surface area contributed by atoms with Crippen molar-refractivity contribution in [2.45, 2.75) is 31.9 Å². The highest BCUT2D eigenvalue weighted by atomic mass is 16.5. The van der Waals surface area contributed by atoms with Crippen molar-refractivity contribution in [2.75, 3.05) is 32.8 Å². The topological polar surface area (TPSA) is 44.7 Å². The van der Waals surface area contributed by atoms with Crippen molar-refractivity contribution in [2.24, 2.45) is 0 Å². The minimum absolute atomic E-state index is 0.272. The molecule has 4 heteroatoms. The van der Waals surface area contributed by atoms with Crippen LogP contribution in [0.2, 0.25) is 0 Å². The van der Waals surface area contributed by atoms with Crippen LogP contribution in [-0.4, -0.2) is 48.9 Å². The quantitative estimate of drug-likeness (QED) is 0.818. The van der Waals surface area contributed by atoms with E-state index in [0.717, 1.165) is 45.0 Å². The number of nitrogens with zero attached hydrogens (tertiary/aromatic N) is 1. The lowest BCUT2D eigenvalue weighted by atomic mass is 10.1. The molecule has 1 unspecified atom stereocenters. The zero-order valence-corrected chi connectivity index (χ0v) is 12.0. The Morgan fingerprint density at radius 1 is 1.30 bits per heavy atom. The molecule has 0 saturated carbocycles. The maximum atomic E-state index is 10.0. The summed E-state index contributed by atoms with van der Waals surface area (Å²) < 4.78 is 5.50. The van der Waals surface area contributed by atoms with Crippen LogP contribution < -0.4 is 10.1 Å². The van der Waals surface area contributed by atoms with Crippen molar-refractivity contribution in [1.82, 2.24) is 10.2 Å². The second-order valence-electron chi connectivity index (χ2n) is 5.83. The Morgan fingerprint density at radius 2 is 2.15 bits per heavy atom. The molecule has 0 spiro atoms. The summed E-state index contributed by atoms with van der Waals surface area (Å²) in [4.78, 5) is 2.35. The maximum Gasteiger partial charge on any atom is 0.122 e. The molecule has 0 aromatic heterocycles. The average molecular weight is 276 g/mol. The van der Waals surface area contributed by atoms with E-state index >= 15 is 0 Å². The van der Waals surface area contributed by atoms with Gasteiger partial charge in [-0.1, -0.05) is 12.1 Å². The van der Waals surface area contributed by atoms with Crippen LogP contribution in [-0.2, 0) is 13.0 Å². The molecule has 4 nitrogen and oxygen atoms in total. The molecule has 2 aliphatic heterocycles. The first-order valence-corrected chi connectivity index (χ1v) is 7.67. The lowest BCUT2D eigenvalue weighted by Gasteiger charge is -2.19. The van der Waals surface area contributed by atoms with Crippen LogP contribution in [0.3, 0.4) is 0 Å². The Bertz CT molecular complexity index is 444. The Morgan fingerprint density at radius 3 is 3.00 bits per heavy atom. The molecule has 1 saturated heterocycles. The first kappa shape index (κ1) is 13.9. The van der Waals surface area contributed by atoms with Gasteiger partial charge in [-0.3, -0.25) is 0 Å². The van der Waals surface area contributed by atoms with Gasteiger partial charge in [0.25, 0.3) is 0 Å². The Balaban J connectivity index is 1.40. The van der Waals surface area contributed by atoms with Gasteiger partial charge in [-0.25, -0.2) is 0 Å². The summed E-state index contributed by atoms with van der Waals surface area (Å²) in [6.07, 6.45) is 3.29. The lowest BCUT2D eigenvalue weighted by Crippen LogP contribution is -2.36. The standard InChI is InChI=1S/C16H24N2O2/c19-15(12-18-6-1-2-7-18)11-17-10-13-3-4-16-14(9-13)5-8-20-16/h3-4,9,15,17,19H,1-2,5-8,10-12H2. The number of hydrogen-bond donors (Lipinski definition) is 2. The molecule has 1 aromatic rings. The summed E-state index contributed by atoms with van der Waals surface area (Å²) in [6.45, 7) is 5.35. The molecule has 2 heterocycles. The van der Waals surface area contributed by atoms with E-state index in [4.69, 9.17) is 4.74 Å². The molecular weight excluding hydrogens is 252 g/mol. The number of aliphatic hydroxyl groups excluding tert-OH is 1. The summed E-state index contributed by atoms with van der Waals surface area (Å²) >= 11 is 0. The number of rotatable bonds is 6. The Labute approximate surface area is 120 Å². The first-order valence-electron chi connectivity index (χ1n) is 7.67. The summed E-state index contributed by atoms with van der Waals surface area (Å²) in [7, 11) is 0. The molecule has 0 bridgehead atoms. The summed E-state index contributed by atoms with van der Waals surface area (Å²) in [5, 5.41) is 13.4. The molecule has 3 rings (SSSR count). The van der Waals surface area contributed by atoms with E-state index in [1.807, 2.05) is 0 Å². The van der Waals surface area contributed by atoms with E-state index in [2.05, 4.69) is 28.4 Å². The molecular formula is C16H24N2O2. The molecule has 1 aromatic carbocycles. The fraction of sp³-hybridized carbons (Fsp3) is 0.625. The molecule has 0 radical (unpaired) electrons. The highest BCUT2D eigenvalue weighted by Gasteiger charge is 2.15. The minimum Gasteiger partial charge on any atom is -0.493 e. The third kappa shape index (κ3) is 3.51. The van der Waals surface area contributed by atoms with Crippen molar-refractivity contribution < 1.29 is 9.84 Å². The van der Waals surface area contributed by atoms with E-state index in [1.165, 1.54) is 24.0 Å². The zero-order chi connectivity index (χ0) is 13.8. The lowest BCUT2D eigenvalue weighted by molar-refractivity contribution is 0.123. The van der Waals surface area contributed by atoms with Gasteiger partial charge in [0.15, 0.2) is 0 Å². The molecule has 20 heavy (non-hydrogen) atoms. The number of aliphatic hydroxyl groups is 1. The molecule has 0 amide bonds. The number of likely N-dealkylation sites (tertiary alicyclic amines) is 1. The monoisotopic (exact) mass is 276 g/mol. The van der Waals surface area contributed by atoms with Crippen molar-refractivity contribution in [3.8, 4) is 5.75 Å². The predicted octanol–water partition coefficient (Wildman–Crippen LogP) is 1.17.